The maximum atomic E-state index is 1.73. The zero-order chi connectivity index (χ0) is 34.0. The van der Waals surface area contributed by atoms with E-state index in [9.17, 15) is 0 Å². The summed E-state index contributed by atoms with van der Waals surface area (Å²) < 4.78 is 0. The largest absolute Gasteiger partial charge is 0.0530 e. The number of hydrogen-bond donors (Lipinski definition) is 0. The van der Waals surface area contributed by atoms with Crippen LogP contribution in [0.15, 0.2) is 0 Å². The first-order valence-corrected chi connectivity index (χ1v) is 26.9. The van der Waals surface area contributed by atoms with Crippen LogP contribution >= 0.6 is 0 Å². The molecule has 0 aliphatic heterocycles. The summed E-state index contributed by atoms with van der Waals surface area (Å²) in [5, 5.41) is 0. The van der Waals surface area contributed by atoms with Crippen molar-refractivity contribution >= 4 is 0 Å². The molecule has 17 rings (SSSR count). The third kappa shape index (κ3) is 3.19. The van der Waals surface area contributed by atoms with Crippen molar-refractivity contribution in [3.63, 3.8) is 0 Å². The van der Waals surface area contributed by atoms with Crippen LogP contribution in [0.5, 0.6) is 0 Å². The van der Waals surface area contributed by atoms with E-state index in [2.05, 4.69) is 0 Å². The fourth-order valence-corrected chi connectivity index (χ4v) is 28.5. The minimum absolute atomic E-state index is 1.17. The molecule has 0 aromatic carbocycles. The molecule has 0 amide bonds. The molecule has 0 bridgehead atoms. The fraction of sp³-hybridized carbons (Fsp3) is 1.00. The predicted octanol–water partition coefficient (Wildman–Crippen LogP) is 12.5. The normalized spacial score (nSPS) is 73.8. The standard InChI is InChI=1S/C54H76/c1-2-8-24-23(7-1)31-15-19-35-27-11-5-13-29-37-21-17-33-25-9-3-4-10-26(25)34-18-22-38-30-14-6-12-28-36-20-16-32(24)42-41(31)45(35)51-49(39(27)29)53-47(37)43(33)44(34)48(38)54(53)50(40(28)30)52(51)46(36)42/h23-54H,1-22H2. The maximum Gasteiger partial charge on any atom is -0.0312 e. The number of hydrogen-bond acceptors (Lipinski definition) is 0. The molecular weight excluding hydrogens is 649 g/mol. The Hall–Kier alpha value is 0. The van der Waals surface area contributed by atoms with Crippen molar-refractivity contribution in [2.24, 2.45) is 189 Å². The van der Waals surface area contributed by atoms with E-state index in [4.69, 9.17) is 0 Å². The van der Waals surface area contributed by atoms with Crippen molar-refractivity contribution < 1.29 is 0 Å². The summed E-state index contributed by atoms with van der Waals surface area (Å²) >= 11 is 0. The Morgan fingerprint density at radius 3 is 0.537 bits per heavy atom. The van der Waals surface area contributed by atoms with Gasteiger partial charge in [0.15, 0.2) is 0 Å². The number of rotatable bonds is 0. The van der Waals surface area contributed by atoms with Gasteiger partial charge < -0.3 is 0 Å². The van der Waals surface area contributed by atoms with Crippen molar-refractivity contribution in [1.29, 1.82) is 0 Å². The Bertz CT molecular complexity index is 1390. The monoisotopic (exact) mass is 725 g/mol. The van der Waals surface area contributed by atoms with E-state index in [1.165, 1.54) is 189 Å². The van der Waals surface area contributed by atoms with Gasteiger partial charge >= 0.3 is 0 Å². The van der Waals surface area contributed by atoms with Gasteiger partial charge in [-0.3, -0.25) is 0 Å². The van der Waals surface area contributed by atoms with Gasteiger partial charge in [-0.15, -0.1) is 0 Å². The summed E-state index contributed by atoms with van der Waals surface area (Å²) in [6, 6.07) is 0. The first kappa shape index (κ1) is 31.0. The highest BCUT2D eigenvalue weighted by atomic mass is 14.9. The second kappa shape index (κ2) is 10.3. The number of fused-ring (bicyclic) bond motifs is 10. The van der Waals surface area contributed by atoms with E-state index in [1.807, 2.05) is 0 Å². The third-order valence-electron chi connectivity index (χ3n) is 27.6. The molecule has 17 fully saturated rings. The smallest absolute Gasteiger partial charge is 0.0312 e. The average molecular weight is 725 g/mol. The zero-order valence-electron chi connectivity index (χ0n) is 34.0. The first-order chi connectivity index (χ1) is 26.9. The highest BCUT2D eigenvalue weighted by molar-refractivity contribution is 5.29. The van der Waals surface area contributed by atoms with Crippen LogP contribution in [0.3, 0.4) is 0 Å². The Labute approximate surface area is 329 Å². The molecular formula is C54H76. The maximum absolute atomic E-state index is 1.73. The topological polar surface area (TPSA) is 0 Å². The van der Waals surface area contributed by atoms with Gasteiger partial charge in [0, 0.05) is 0 Å². The Morgan fingerprint density at radius 2 is 0.278 bits per heavy atom. The minimum atomic E-state index is 1.17. The summed E-state index contributed by atoms with van der Waals surface area (Å²) in [6.07, 6.45) is 37.1. The zero-order valence-corrected chi connectivity index (χ0v) is 34.0. The van der Waals surface area contributed by atoms with E-state index in [1.54, 1.807) is 141 Å². The molecule has 0 saturated heterocycles. The SMILES string of the molecule is C1CCC2C(C1)C1CCC3C4CCCC5C6CCC7C8CCCCC8C8CCC9C%10CCCC%11C%12CCC2C2C1C3C1C(C45)C3C6C7C8C9C3C(C%11%10)C1C%122. The van der Waals surface area contributed by atoms with Gasteiger partial charge in [-0.25, -0.2) is 0 Å². The Kier molecular flexibility index (Phi) is 5.90. The second-order valence-corrected chi connectivity index (χ2v) is 26.6. The second-order valence-electron chi connectivity index (χ2n) is 26.6. The molecule has 0 nitrogen and oxygen atoms in total. The van der Waals surface area contributed by atoms with Crippen LogP contribution in [-0.2, 0) is 0 Å². The minimum Gasteiger partial charge on any atom is -0.0530 e. The average Bonchev–Trinajstić information content (AvgIpc) is 3.24. The van der Waals surface area contributed by atoms with E-state index >= 15 is 0 Å². The van der Waals surface area contributed by atoms with Crippen molar-refractivity contribution in [3.05, 3.63) is 0 Å². The van der Waals surface area contributed by atoms with Gasteiger partial charge in [-0.05, 0) is 292 Å². The molecule has 17 aliphatic carbocycles. The summed E-state index contributed by atoms with van der Waals surface area (Å²) in [5.74, 6) is 38.6. The molecule has 54 heavy (non-hydrogen) atoms. The molecule has 17 aliphatic rings. The van der Waals surface area contributed by atoms with E-state index in [0.717, 1.165) is 0 Å². The summed E-state index contributed by atoms with van der Waals surface area (Å²) in [4.78, 5) is 0. The molecule has 0 aromatic heterocycles. The first-order valence-electron chi connectivity index (χ1n) is 26.9. The fourth-order valence-electron chi connectivity index (χ4n) is 28.5. The summed E-state index contributed by atoms with van der Waals surface area (Å²) in [5.41, 5.74) is 0. The molecule has 0 spiro atoms. The van der Waals surface area contributed by atoms with Gasteiger partial charge in [-0.2, -0.15) is 0 Å². The van der Waals surface area contributed by atoms with Crippen molar-refractivity contribution in [2.75, 3.05) is 0 Å². The third-order valence-corrected chi connectivity index (χ3v) is 27.6. The molecule has 28 atom stereocenters. The highest BCUT2D eigenvalue weighted by Crippen LogP contribution is 2.87. The quantitative estimate of drug-likeness (QED) is 0.233. The predicted molar refractivity (Wildman–Crippen MR) is 213 cm³/mol. The van der Waals surface area contributed by atoms with Crippen LogP contribution < -0.4 is 0 Å². The van der Waals surface area contributed by atoms with Crippen LogP contribution in [0.25, 0.3) is 0 Å². The summed E-state index contributed by atoms with van der Waals surface area (Å²) in [6.45, 7) is 0. The molecule has 0 aromatic rings. The van der Waals surface area contributed by atoms with Crippen molar-refractivity contribution in [2.45, 2.75) is 141 Å². The molecule has 28 unspecified atom stereocenters. The molecule has 0 heterocycles. The molecule has 292 valence electrons. The van der Waals surface area contributed by atoms with Gasteiger partial charge in [0.05, 0.1) is 0 Å². The Morgan fingerprint density at radius 1 is 0.111 bits per heavy atom. The van der Waals surface area contributed by atoms with E-state index < -0.39 is 0 Å². The van der Waals surface area contributed by atoms with Crippen LogP contribution in [0.1, 0.15) is 141 Å². The molecule has 0 N–H and O–H groups in total. The molecule has 17 saturated carbocycles. The molecule has 0 heteroatoms. The van der Waals surface area contributed by atoms with Gasteiger partial charge in [0.1, 0.15) is 0 Å². The lowest BCUT2D eigenvalue weighted by Gasteiger charge is -2.85. The van der Waals surface area contributed by atoms with Crippen molar-refractivity contribution in [3.8, 4) is 0 Å². The Balaban J connectivity index is 0.932. The van der Waals surface area contributed by atoms with Gasteiger partial charge in [0.2, 0.25) is 0 Å². The van der Waals surface area contributed by atoms with Crippen molar-refractivity contribution in [1.82, 2.24) is 0 Å². The lowest BCUT2D eigenvalue weighted by molar-refractivity contribution is -0.377. The highest BCUT2D eigenvalue weighted by Gasteiger charge is 2.82. The van der Waals surface area contributed by atoms with Crippen LogP contribution in [0, 0.1) is 189 Å². The van der Waals surface area contributed by atoms with Crippen LogP contribution in [0.2, 0.25) is 0 Å². The van der Waals surface area contributed by atoms with E-state index in [0.29, 0.717) is 0 Å². The lowest BCUT2D eigenvalue weighted by atomic mass is 9.20. The summed E-state index contributed by atoms with van der Waals surface area (Å²) in [7, 11) is 0. The van der Waals surface area contributed by atoms with Crippen LogP contribution in [0.4, 0.5) is 0 Å². The van der Waals surface area contributed by atoms with E-state index in [-0.39, 0.29) is 0 Å². The lowest BCUT2D eigenvalue weighted by Crippen LogP contribution is -2.81. The molecule has 0 radical (unpaired) electrons. The van der Waals surface area contributed by atoms with Gasteiger partial charge in [-0.1, -0.05) is 38.5 Å². The van der Waals surface area contributed by atoms with Gasteiger partial charge in [0.25, 0.3) is 0 Å². The van der Waals surface area contributed by atoms with Crippen LogP contribution in [-0.4, -0.2) is 0 Å².